The molecule has 0 saturated carbocycles. The van der Waals surface area contributed by atoms with Gasteiger partial charge in [0.15, 0.2) is 0 Å². The van der Waals surface area contributed by atoms with E-state index in [0.717, 1.165) is 22.7 Å². The normalized spacial score (nSPS) is 9.67. The van der Waals surface area contributed by atoms with Crippen LogP contribution in [0.5, 0.6) is 0 Å². The minimum atomic E-state index is -0.237. The highest BCUT2D eigenvalue weighted by Crippen LogP contribution is 2.11. The van der Waals surface area contributed by atoms with Crippen LogP contribution in [0.2, 0.25) is 0 Å². The van der Waals surface area contributed by atoms with Crippen LogP contribution in [-0.2, 0) is 0 Å². The summed E-state index contributed by atoms with van der Waals surface area (Å²) in [6, 6.07) is 4.80. The van der Waals surface area contributed by atoms with Gasteiger partial charge in [0.2, 0.25) is 0 Å². The molecule has 0 bridgehead atoms. The van der Waals surface area contributed by atoms with Crippen molar-refractivity contribution in [3.05, 3.63) is 71.6 Å². The maximum absolute atomic E-state index is 13.1. The standard InChI is InChI=1S/C9H9FN2.C8H7FN2.2C2H6/c1-6-3-9-11-4-7(2)12(9)5-8(6)10;1-6-4-10-8-3-2-7(9)5-11(6)8;2*1-2/h3-5H,1-2H3;2-5H,1H3;2*1-2H3. The van der Waals surface area contributed by atoms with Crippen molar-refractivity contribution >= 4 is 11.3 Å². The Balaban J connectivity index is 0.000000229. The molecule has 4 aromatic heterocycles. The summed E-state index contributed by atoms with van der Waals surface area (Å²) in [5, 5.41) is 0. The van der Waals surface area contributed by atoms with Crippen LogP contribution in [-0.4, -0.2) is 18.8 Å². The van der Waals surface area contributed by atoms with Crippen LogP contribution in [0, 0.1) is 32.4 Å². The molecule has 0 amide bonds. The number of rotatable bonds is 0. The van der Waals surface area contributed by atoms with Gasteiger partial charge in [-0.1, -0.05) is 27.7 Å². The molecule has 6 heteroatoms. The third kappa shape index (κ3) is 5.36. The quantitative estimate of drug-likeness (QED) is 0.383. The number of nitrogens with zero attached hydrogens (tertiary/aromatic N) is 4. The lowest BCUT2D eigenvalue weighted by Crippen LogP contribution is -1.91. The Morgan fingerprint density at radius 2 is 1.26 bits per heavy atom. The van der Waals surface area contributed by atoms with Gasteiger partial charge in [-0.2, -0.15) is 0 Å². The molecule has 0 radical (unpaired) electrons. The lowest BCUT2D eigenvalue weighted by molar-refractivity contribution is 0.609. The van der Waals surface area contributed by atoms with Crippen molar-refractivity contribution in [1.29, 1.82) is 0 Å². The smallest absolute Gasteiger partial charge is 0.142 e. The van der Waals surface area contributed by atoms with Gasteiger partial charge in [0.25, 0.3) is 0 Å². The molecule has 146 valence electrons. The highest BCUT2D eigenvalue weighted by Gasteiger charge is 2.02. The van der Waals surface area contributed by atoms with E-state index in [4.69, 9.17) is 0 Å². The fraction of sp³-hybridized carbons (Fsp3) is 0.333. The van der Waals surface area contributed by atoms with Crippen LogP contribution < -0.4 is 0 Å². The van der Waals surface area contributed by atoms with E-state index < -0.39 is 0 Å². The summed E-state index contributed by atoms with van der Waals surface area (Å²) in [6.45, 7) is 13.5. The topological polar surface area (TPSA) is 34.6 Å². The lowest BCUT2D eigenvalue weighted by atomic mass is 10.3. The van der Waals surface area contributed by atoms with Crippen LogP contribution in [0.3, 0.4) is 0 Å². The summed E-state index contributed by atoms with van der Waals surface area (Å²) in [4.78, 5) is 8.17. The highest BCUT2D eigenvalue weighted by molar-refractivity contribution is 5.43. The molecule has 27 heavy (non-hydrogen) atoms. The first-order valence-electron chi connectivity index (χ1n) is 9.15. The predicted molar refractivity (Wildman–Crippen MR) is 107 cm³/mol. The summed E-state index contributed by atoms with van der Waals surface area (Å²) in [5.41, 5.74) is 4.10. The molecule has 0 fully saturated rings. The molecule has 0 aromatic carbocycles. The fourth-order valence-corrected chi connectivity index (χ4v) is 2.29. The van der Waals surface area contributed by atoms with E-state index in [1.807, 2.05) is 41.5 Å². The van der Waals surface area contributed by atoms with E-state index in [2.05, 4.69) is 9.97 Å². The van der Waals surface area contributed by atoms with Crippen LogP contribution in [0.15, 0.2) is 43.0 Å². The summed E-state index contributed by atoms with van der Waals surface area (Å²) < 4.78 is 29.2. The molecule has 0 spiro atoms. The second kappa shape index (κ2) is 10.4. The predicted octanol–water partition coefficient (Wildman–Crippen LogP) is 5.92. The number of imidazole rings is 2. The Hall–Kier alpha value is -2.76. The number of hydrogen-bond acceptors (Lipinski definition) is 2. The van der Waals surface area contributed by atoms with Gasteiger partial charge in [-0.15, -0.1) is 0 Å². The first kappa shape index (κ1) is 22.3. The maximum Gasteiger partial charge on any atom is 0.142 e. The molecule has 4 aromatic rings. The zero-order chi connectivity index (χ0) is 20.6. The van der Waals surface area contributed by atoms with Crippen molar-refractivity contribution in [1.82, 2.24) is 18.8 Å². The van der Waals surface area contributed by atoms with Crippen LogP contribution >= 0.6 is 0 Å². The molecule has 4 heterocycles. The second-order valence-corrected chi connectivity index (χ2v) is 5.41. The van der Waals surface area contributed by atoms with Gasteiger partial charge in [0.1, 0.15) is 22.9 Å². The van der Waals surface area contributed by atoms with Crippen molar-refractivity contribution in [2.24, 2.45) is 0 Å². The van der Waals surface area contributed by atoms with E-state index >= 15 is 0 Å². The van der Waals surface area contributed by atoms with Gasteiger partial charge in [-0.05, 0) is 44.5 Å². The number of fused-ring (bicyclic) bond motifs is 2. The molecule has 0 saturated heterocycles. The van der Waals surface area contributed by atoms with E-state index in [-0.39, 0.29) is 11.6 Å². The number of halogens is 2. The van der Waals surface area contributed by atoms with Crippen LogP contribution in [0.1, 0.15) is 44.6 Å². The van der Waals surface area contributed by atoms with Gasteiger partial charge in [-0.3, -0.25) is 0 Å². The summed E-state index contributed by atoms with van der Waals surface area (Å²) in [5.74, 6) is -0.429. The van der Waals surface area contributed by atoms with Crippen molar-refractivity contribution in [3.8, 4) is 0 Å². The SMILES string of the molecule is CC.CC.Cc1cc2ncc(C)n2cc1F.Cc1cnc2ccc(F)cn12. The van der Waals surface area contributed by atoms with Gasteiger partial charge >= 0.3 is 0 Å². The molecule has 0 unspecified atom stereocenters. The Labute approximate surface area is 159 Å². The summed E-state index contributed by atoms with van der Waals surface area (Å²) in [6.07, 6.45) is 6.34. The maximum atomic E-state index is 13.1. The van der Waals surface area contributed by atoms with Crippen LogP contribution in [0.25, 0.3) is 11.3 Å². The van der Waals surface area contributed by atoms with E-state index in [1.54, 1.807) is 40.3 Å². The third-order valence-electron chi connectivity index (χ3n) is 3.63. The summed E-state index contributed by atoms with van der Waals surface area (Å²) >= 11 is 0. The molecule has 4 rings (SSSR count). The Morgan fingerprint density at radius 3 is 1.85 bits per heavy atom. The van der Waals surface area contributed by atoms with Gasteiger partial charge < -0.3 is 8.80 Å². The molecule has 0 aliphatic carbocycles. The van der Waals surface area contributed by atoms with E-state index in [9.17, 15) is 8.78 Å². The molecule has 0 aliphatic heterocycles. The Morgan fingerprint density at radius 1 is 0.741 bits per heavy atom. The molecule has 0 atom stereocenters. The zero-order valence-electron chi connectivity index (χ0n) is 17.1. The van der Waals surface area contributed by atoms with Crippen molar-refractivity contribution in [2.75, 3.05) is 0 Å². The highest BCUT2D eigenvalue weighted by atomic mass is 19.1. The first-order valence-corrected chi connectivity index (χ1v) is 9.15. The van der Waals surface area contributed by atoms with Crippen LogP contribution in [0.4, 0.5) is 8.78 Å². The van der Waals surface area contributed by atoms with Crippen molar-refractivity contribution in [3.63, 3.8) is 0 Å². The number of aromatic nitrogens is 4. The molecular weight excluding hydrogens is 346 g/mol. The lowest BCUT2D eigenvalue weighted by Gasteiger charge is -1.98. The molecular formula is C21H28F2N4. The monoisotopic (exact) mass is 374 g/mol. The van der Waals surface area contributed by atoms with E-state index in [0.29, 0.717) is 5.56 Å². The van der Waals surface area contributed by atoms with Crippen molar-refractivity contribution < 1.29 is 8.78 Å². The number of aryl methyl sites for hydroxylation is 3. The largest absolute Gasteiger partial charge is 0.301 e. The van der Waals surface area contributed by atoms with Crippen molar-refractivity contribution in [2.45, 2.75) is 48.5 Å². The Bertz CT molecular complexity index is 987. The van der Waals surface area contributed by atoms with Gasteiger partial charge in [-0.25, -0.2) is 18.7 Å². The Kier molecular flexibility index (Phi) is 8.59. The number of pyridine rings is 2. The first-order chi connectivity index (χ1) is 13.0. The number of hydrogen-bond donors (Lipinski definition) is 0. The molecule has 4 nitrogen and oxygen atoms in total. The fourth-order valence-electron chi connectivity index (χ4n) is 2.29. The molecule has 0 aliphatic rings. The minimum absolute atomic E-state index is 0.191. The third-order valence-corrected chi connectivity index (χ3v) is 3.63. The van der Waals surface area contributed by atoms with E-state index in [1.165, 1.54) is 18.5 Å². The van der Waals surface area contributed by atoms with Gasteiger partial charge in [0, 0.05) is 36.2 Å². The summed E-state index contributed by atoms with van der Waals surface area (Å²) in [7, 11) is 0. The minimum Gasteiger partial charge on any atom is -0.301 e. The average molecular weight is 374 g/mol. The average Bonchev–Trinajstić information content (AvgIpc) is 3.23. The zero-order valence-corrected chi connectivity index (χ0v) is 17.1. The molecule has 0 N–H and O–H groups in total. The second-order valence-electron chi connectivity index (χ2n) is 5.41. The van der Waals surface area contributed by atoms with Gasteiger partial charge in [0.05, 0.1) is 0 Å².